The SMILES string of the molecule is C=CCn1c(SCC(=O)Nc2ccccc2Oc2ccccc2)nnc1-c1ccncc1. The van der Waals surface area contributed by atoms with Crippen LogP contribution in [0.5, 0.6) is 11.5 Å². The number of hydrogen-bond donors (Lipinski definition) is 1. The van der Waals surface area contributed by atoms with E-state index in [9.17, 15) is 4.79 Å². The van der Waals surface area contributed by atoms with Gasteiger partial charge in [-0.3, -0.25) is 14.3 Å². The largest absolute Gasteiger partial charge is 0.455 e. The van der Waals surface area contributed by atoms with Crippen molar-refractivity contribution in [1.29, 1.82) is 0 Å². The van der Waals surface area contributed by atoms with E-state index in [1.165, 1.54) is 11.8 Å². The van der Waals surface area contributed by atoms with E-state index < -0.39 is 0 Å². The number of pyridine rings is 1. The van der Waals surface area contributed by atoms with Gasteiger partial charge in [0.05, 0.1) is 11.4 Å². The Balaban J connectivity index is 1.44. The zero-order chi connectivity index (χ0) is 22.2. The first-order chi connectivity index (χ1) is 15.7. The molecular weight excluding hydrogens is 422 g/mol. The van der Waals surface area contributed by atoms with Gasteiger partial charge < -0.3 is 10.1 Å². The first-order valence-electron chi connectivity index (χ1n) is 9.93. The highest BCUT2D eigenvalue weighted by atomic mass is 32.2. The highest BCUT2D eigenvalue weighted by Crippen LogP contribution is 2.30. The Kier molecular flexibility index (Phi) is 6.94. The molecule has 8 heteroatoms. The predicted octanol–water partition coefficient (Wildman–Crippen LogP) is 5.05. The van der Waals surface area contributed by atoms with E-state index in [1.54, 1.807) is 18.5 Å². The van der Waals surface area contributed by atoms with Gasteiger partial charge in [-0.2, -0.15) is 0 Å². The topological polar surface area (TPSA) is 81.9 Å². The smallest absolute Gasteiger partial charge is 0.234 e. The number of hydrogen-bond acceptors (Lipinski definition) is 6. The average molecular weight is 444 g/mol. The number of carbonyl (C=O) groups excluding carboxylic acids is 1. The number of benzene rings is 2. The number of rotatable bonds is 9. The lowest BCUT2D eigenvalue weighted by atomic mass is 10.2. The average Bonchev–Trinajstić information content (AvgIpc) is 3.23. The van der Waals surface area contributed by atoms with Crippen molar-refractivity contribution in [2.75, 3.05) is 11.1 Å². The molecule has 0 aliphatic rings. The third-order valence-electron chi connectivity index (χ3n) is 4.43. The minimum absolute atomic E-state index is 0.169. The third-order valence-corrected chi connectivity index (χ3v) is 5.40. The molecule has 0 aliphatic heterocycles. The Hall–Kier alpha value is -3.91. The summed E-state index contributed by atoms with van der Waals surface area (Å²) < 4.78 is 7.84. The maximum atomic E-state index is 12.7. The van der Waals surface area contributed by atoms with E-state index >= 15 is 0 Å². The number of carbonyl (C=O) groups is 1. The van der Waals surface area contributed by atoms with Crippen molar-refractivity contribution in [3.05, 3.63) is 91.8 Å². The molecule has 0 bridgehead atoms. The molecule has 0 spiro atoms. The van der Waals surface area contributed by atoms with Gasteiger partial charge in [0, 0.05) is 24.5 Å². The van der Waals surface area contributed by atoms with Crippen LogP contribution in [0.25, 0.3) is 11.4 Å². The minimum Gasteiger partial charge on any atom is -0.455 e. The van der Waals surface area contributed by atoms with Crippen molar-refractivity contribution in [1.82, 2.24) is 19.7 Å². The molecule has 2 aromatic carbocycles. The summed E-state index contributed by atoms with van der Waals surface area (Å²) in [5, 5.41) is 12.1. The lowest BCUT2D eigenvalue weighted by Crippen LogP contribution is -2.15. The molecule has 0 radical (unpaired) electrons. The molecular formula is C24H21N5O2S. The summed E-state index contributed by atoms with van der Waals surface area (Å²) in [6.07, 6.45) is 5.18. The molecule has 2 heterocycles. The van der Waals surface area contributed by atoms with E-state index in [2.05, 4.69) is 27.1 Å². The van der Waals surface area contributed by atoms with Gasteiger partial charge in [-0.15, -0.1) is 16.8 Å². The highest BCUT2D eigenvalue weighted by Gasteiger charge is 2.16. The minimum atomic E-state index is -0.169. The number of nitrogens with zero attached hydrogens (tertiary/aromatic N) is 4. The van der Waals surface area contributed by atoms with Crippen LogP contribution in [0.4, 0.5) is 5.69 Å². The lowest BCUT2D eigenvalue weighted by molar-refractivity contribution is -0.113. The van der Waals surface area contributed by atoms with Crippen LogP contribution in [-0.2, 0) is 11.3 Å². The first kappa shape index (κ1) is 21.3. The van der Waals surface area contributed by atoms with Crippen molar-refractivity contribution in [2.45, 2.75) is 11.7 Å². The Labute approximate surface area is 190 Å². The van der Waals surface area contributed by atoms with Gasteiger partial charge in [-0.05, 0) is 36.4 Å². The normalized spacial score (nSPS) is 10.5. The molecule has 2 aromatic heterocycles. The number of ether oxygens (including phenoxy) is 1. The van der Waals surface area contributed by atoms with Gasteiger partial charge in [0.1, 0.15) is 5.75 Å². The monoisotopic (exact) mass is 443 g/mol. The number of aromatic nitrogens is 4. The standard InChI is InChI=1S/C24H21N5O2S/c1-2-16-29-23(18-12-14-25-15-13-18)27-28-24(29)32-17-22(30)26-20-10-6-7-11-21(20)31-19-8-4-3-5-9-19/h2-15H,1,16-17H2,(H,26,30). The summed E-state index contributed by atoms with van der Waals surface area (Å²) >= 11 is 1.31. The van der Waals surface area contributed by atoms with Crippen LogP contribution >= 0.6 is 11.8 Å². The van der Waals surface area contributed by atoms with E-state index in [0.29, 0.717) is 34.7 Å². The van der Waals surface area contributed by atoms with Crippen LogP contribution in [0.15, 0.2) is 96.9 Å². The van der Waals surface area contributed by atoms with Crippen LogP contribution in [0.3, 0.4) is 0 Å². The molecule has 0 saturated heterocycles. The van der Waals surface area contributed by atoms with Crippen molar-refractivity contribution in [3.8, 4) is 22.9 Å². The van der Waals surface area contributed by atoms with E-state index in [0.717, 1.165) is 5.56 Å². The summed E-state index contributed by atoms with van der Waals surface area (Å²) in [5.74, 6) is 1.98. The van der Waals surface area contributed by atoms with Gasteiger partial charge >= 0.3 is 0 Å². The van der Waals surface area contributed by atoms with Gasteiger partial charge in [0.15, 0.2) is 16.7 Å². The van der Waals surface area contributed by atoms with Crippen LogP contribution in [0.1, 0.15) is 0 Å². The van der Waals surface area contributed by atoms with Crippen LogP contribution in [0, 0.1) is 0 Å². The van der Waals surface area contributed by atoms with Gasteiger partial charge in [0.2, 0.25) is 5.91 Å². The number of para-hydroxylation sites is 3. The number of allylic oxidation sites excluding steroid dienone is 1. The fourth-order valence-corrected chi connectivity index (χ4v) is 3.74. The Morgan fingerprint density at radius 3 is 2.56 bits per heavy atom. The summed E-state index contributed by atoms with van der Waals surface area (Å²) in [5.41, 5.74) is 1.50. The fraction of sp³-hybridized carbons (Fsp3) is 0.0833. The van der Waals surface area contributed by atoms with Crippen molar-refractivity contribution in [3.63, 3.8) is 0 Å². The lowest BCUT2D eigenvalue weighted by Gasteiger charge is -2.12. The molecule has 4 aromatic rings. The van der Waals surface area contributed by atoms with Crippen LogP contribution < -0.4 is 10.1 Å². The molecule has 32 heavy (non-hydrogen) atoms. The molecule has 0 atom stereocenters. The van der Waals surface area contributed by atoms with Crippen LogP contribution in [-0.4, -0.2) is 31.4 Å². The predicted molar refractivity (Wildman–Crippen MR) is 126 cm³/mol. The Morgan fingerprint density at radius 1 is 1.03 bits per heavy atom. The summed E-state index contributed by atoms with van der Waals surface area (Å²) in [6, 6.07) is 20.5. The molecule has 4 rings (SSSR count). The molecule has 0 unspecified atom stereocenters. The van der Waals surface area contributed by atoms with E-state index in [1.807, 2.05) is 71.3 Å². The molecule has 160 valence electrons. The zero-order valence-corrected chi connectivity index (χ0v) is 18.0. The quantitative estimate of drug-likeness (QED) is 0.288. The summed E-state index contributed by atoms with van der Waals surface area (Å²) in [7, 11) is 0. The molecule has 1 amide bonds. The van der Waals surface area contributed by atoms with Gasteiger partial charge in [-0.1, -0.05) is 48.2 Å². The number of nitrogens with one attached hydrogen (secondary N) is 1. The van der Waals surface area contributed by atoms with E-state index in [4.69, 9.17) is 4.74 Å². The third kappa shape index (κ3) is 5.22. The maximum absolute atomic E-state index is 12.7. The highest BCUT2D eigenvalue weighted by molar-refractivity contribution is 7.99. The second-order valence-electron chi connectivity index (χ2n) is 6.69. The molecule has 0 fully saturated rings. The van der Waals surface area contributed by atoms with Crippen LogP contribution in [0.2, 0.25) is 0 Å². The maximum Gasteiger partial charge on any atom is 0.234 e. The van der Waals surface area contributed by atoms with E-state index in [-0.39, 0.29) is 11.7 Å². The van der Waals surface area contributed by atoms with Gasteiger partial charge in [0.25, 0.3) is 0 Å². The van der Waals surface area contributed by atoms with Crippen molar-refractivity contribution < 1.29 is 9.53 Å². The Morgan fingerprint density at radius 2 is 1.78 bits per heavy atom. The first-order valence-corrected chi connectivity index (χ1v) is 10.9. The summed E-state index contributed by atoms with van der Waals surface area (Å²) in [4.78, 5) is 16.7. The molecule has 0 saturated carbocycles. The van der Waals surface area contributed by atoms with Crippen molar-refractivity contribution >= 4 is 23.4 Å². The number of amides is 1. The molecule has 0 aliphatic carbocycles. The molecule has 1 N–H and O–H groups in total. The zero-order valence-electron chi connectivity index (χ0n) is 17.2. The second kappa shape index (κ2) is 10.4. The van der Waals surface area contributed by atoms with Gasteiger partial charge in [-0.25, -0.2) is 0 Å². The summed E-state index contributed by atoms with van der Waals surface area (Å²) in [6.45, 7) is 4.35. The van der Waals surface area contributed by atoms with Crippen molar-refractivity contribution in [2.24, 2.45) is 0 Å². The number of thioether (sulfide) groups is 1. The number of anilines is 1. The fourth-order valence-electron chi connectivity index (χ4n) is 2.99. The Bertz CT molecular complexity index is 1200. The molecule has 7 nitrogen and oxygen atoms in total. The second-order valence-corrected chi connectivity index (χ2v) is 7.63.